The van der Waals surface area contributed by atoms with Crippen LogP contribution in [0.2, 0.25) is 5.02 Å². The van der Waals surface area contributed by atoms with Crippen LogP contribution in [0.5, 0.6) is 11.5 Å². The van der Waals surface area contributed by atoms with Crippen molar-refractivity contribution in [1.29, 1.82) is 0 Å². The van der Waals surface area contributed by atoms with Gasteiger partial charge in [-0.05, 0) is 55.5 Å². The van der Waals surface area contributed by atoms with E-state index >= 15 is 0 Å². The van der Waals surface area contributed by atoms with Crippen LogP contribution in [0.15, 0.2) is 53.7 Å². The first-order valence-electron chi connectivity index (χ1n) is 10.0. The number of carbonyl (C=O) groups is 2. The fourth-order valence-electron chi connectivity index (χ4n) is 2.71. The topological polar surface area (TPSA) is 105 Å². The summed E-state index contributed by atoms with van der Waals surface area (Å²) in [7, 11) is 1.26. The van der Waals surface area contributed by atoms with E-state index in [2.05, 4.69) is 20.3 Å². The molecule has 33 heavy (non-hydrogen) atoms. The molecule has 1 aromatic heterocycles. The third-order valence-corrected chi connectivity index (χ3v) is 5.46. The smallest absolute Gasteiger partial charge is 0.325 e. The number of hydrogen-bond donors (Lipinski definition) is 1. The predicted molar refractivity (Wildman–Crippen MR) is 124 cm³/mol. The minimum Gasteiger partial charge on any atom is -0.494 e. The van der Waals surface area contributed by atoms with Gasteiger partial charge >= 0.3 is 5.97 Å². The highest BCUT2D eigenvalue weighted by Gasteiger charge is 2.17. The van der Waals surface area contributed by atoms with Crippen LogP contribution in [0.4, 0.5) is 0 Å². The van der Waals surface area contributed by atoms with Gasteiger partial charge in [0.1, 0.15) is 24.7 Å². The first kappa shape index (κ1) is 24.4. The Morgan fingerprint density at radius 1 is 1.03 bits per heavy atom. The van der Waals surface area contributed by atoms with Crippen molar-refractivity contribution in [2.24, 2.45) is 0 Å². The predicted octanol–water partition coefficient (Wildman–Crippen LogP) is 3.28. The lowest BCUT2D eigenvalue weighted by molar-refractivity contribution is -0.140. The van der Waals surface area contributed by atoms with Crippen LogP contribution in [0.25, 0.3) is 5.69 Å². The van der Waals surface area contributed by atoms with E-state index < -0.39 is 5.97 Å². The molecular weight excluding hydrogens is 468 g/mol. The molecule has 0 radical (unpaired) electrons. The molecule has 0 saturated heterocycles. The number of thioether (sulfide) groups is 1. The van der Waals surface area contributed by atoms with Gasteiger partial charge in [-0.25, -0.2) is 0 Å². The average molecular weight is 491 g/mol. The molecule has 1 heterocycles. The largest absolute Gasteiger partial charge is 0.494 e. The van der Waals surface area contributed by atoms with Gasteiger partial charge in [-0.2, -0.15) is 0 Å². The quantitative estimate of drug-likeness (QED) is 0.322. The molecule has 2 aromatic carbocycles. The molecule has 0 atom stereocenters. The highest BCUT2D eigenvalue weighted by molar-refractivity contribution is 7.99. The summed E-state index contributed by atoms with van der Waals surface area (Å²) in [5.74, 6) is 1.15. The third kappa shape index (κ3) is 7.13. The van der Waals surface area contributed by atoms with Crippen molar-refractivity contribution in [3.8, 4) is 17.2 Å². The molecule has 0 aliphatic heterocycles. The number of amides is 1. The summed E-state index contributed by atoms with van der Waals surface area (Å²) >= 11 is 7.22. The lowest BCUT2D eigenvalue weighted by Gasteiger charge is -2.12. The van der Waals surface area contributed by atoms with Gasteiger partial charge in [-0.3, -0.25) is 14.2 Å². The maximum Gasteiger partial charge on any atom is 0.325 e. The van der Waals surface area contributed by atoms with Crippen molar-refractivity contribution in [1.82, 2.24) is 20.1 Å². The molecule has 0 aliphatic rings. The van der Waals surface area contributed by atoms with Crippen LogP contribution in [0.3, 0.4) is 0 Å². The Morgan fingerprint density at radius 3 is 2.33 bits per heavy atom. The minimum atomic E-state index is -0.522. The zero-order chi connectivity index (χ0) is 23.6. The van der Waals surface area contributed by atoms with Crippen molar-refractivity contribution in [3.63, 3.8) is 0 Å². The Kier molecular flexibility index (Phi) is 8.96. The number of halogens is 1. The maximum atomic E-state index is 12.1. The number of hydrogen-bond acceptors (Lipinski definition) is 8. The van der Waals surface area contributed by atoms with E-state index in [1.165, 1.54) is 18.9 Å². The van der Waals surface area contributed by atoms with Gasteiger partial charge in [0.25, 0.3) is 0 Å². The van der Waals surface area contributed by atoms with Gasteiger partial charge in [0.15, 0.2) is 11.0 Å². The molecule has 3 rings (SSSR count). The second-order valence-corrected chi connectivity index (χ2v) is 7.92. The number of methoxy groups -OCH3 is 1. The van der Waals surface area contributed by atoms with Crippen molar-refractivity contribution >= 4 is 35.2 Å². The van der Waals surface area contributed by atoms with E-state index in [1.54, 1.807) is 16.7 Å². The fraction of sp³-hybridized carbons (Fsp3) is 0.273. The molecule has 0 bridgehead atoms. The van der Waals surface area contributed by atoms with Crippen LogP contribution < -0.4 is 14.8 Å². The number of rotatable bonds is 11. The van der Waals surface area contributed by atoms with Gasteiger partial charge in [0, 0.05) is 10.7 Å². The SMILES string of the molecule is CCOc1ccc(OCc2nnc(SCC(=O)NCC(=O)OC)n2-c2ccc(Cl)cc2)cc1. The Morgan fingerprint density at radius 2 is 1.70 bits per heavy atom. The highest BCUT2D eigenvalue weighted by atomic mass is 35.5. The van der Waals surface area contributed by atoms with Crippen LogP contribution in [-0.4, -0.2) is 52.7 Å². The Labute approximate surface area is 200 Å². The van der Waals surface area contributed by atoms with Gasteiger partial charge < -0.3 is 19.5 Å². The summed E-state index contributed by atoms with van der Waals surface area (Å²) in [6.07, 6.45) is 0. The first-order chi connectivity index (χ1) is 16.0. The van der Waals surface area contributed by atoms with Gasteiger partial charge in [-0.1, -0.05) is 23.4 Å². The Balaban J connectivity index is 1.73. The normalized spacial score (nSPS) is 10.5. The van der Waals surface area contributed by atoms with Crippen LogP contribution >= 0.6 is 23.4 Å². The number of benzene rings is 2. The monoisotopic (exact) mass is 490 g/mol. The molecule has 174 valence electrons. The number of nitrogens with one attached hydrogen (secondary N) is 1. The summed E-state index contributed by atoms with van der Waals surface area (Å²) in [6.45, 7) is 2.47. The molecule has 9 nitrogen and oxygen atoms in total. The van der Waals surface area contributed by atoms with E-state index in [-0.39, 0.29) is 24.8 Å². The molecule has 1 amide bonds. The van der Waals surface area contributed by atoms with E-state index in [0.717, 1.165) is 11.4 Å². The van der Waals surface area contributed by atoms with E-state index in [1.807, 2.05) is 43.3 Å². The van der Waals surface area contributed by atoms with E-state index in [0.29, 0.717) is 28.4 Å². The lowest BCUT2D eigenvalue weighted by atomic mass is 10.3. The first-order valence-corrected chi connectivity index (χ1v) is 11.4. The van der Waals surface area contributed by atoms with Gasteiger partial charge in [0.05, 0.1) is 19.5 Å². The van der Waals surface area contributed by atoms with Crippen LogP contribution in [0, 0.1) is 0 Å². The van der Waals surface area contributed by atoms with Crippen molar-refractivity contribution in [2.75, 3.05) is 26.0 Å². The second-order valence-electron chi connectivity index (χ2n) is 6.55. The van der Waals surface area contributed by atoms with Gasteiger partial charge in [-0.15, -0.1) is 10.2 Å². The zero-order valence-corrected chi connectivity index (χ0v) is 19.7. The molecule has 3 aromatic rings. The molecule has 0 saturated carbocycles. The molecule has 0 spiro atoms. The van der Waals surface area contributed by atoms with Crippen molar-refractivity contribution in [3.05, 3.63) is 59.4 Å². The number of carbonyl (C=O) groups excluding carboxylic acids is 2. The zero-order valence-electron chi connectivity index (χ0n) is 18.1. The molecule has 11 heteroatoms. The van der Waals surface area contributed by atoms with E-state index in [4.69, 9.17) is 21.1 Å². The Bertz CT molecular complexity index is 1070. The standard InChI is InChI=1S/C22H23ClN4O5S/c1-3-31-17-8-10-18(11-9-17)32-13-19-25-26-22(27(19)16-6-4-15(23)5-7-16)33-14-20(28)24-12-21(29)30-2/h4-11H,3,12-14H2,1-2H3,(H,24,28). The van der Waals surface area contributed by atoms with Crippen LogP contribution in [-0.2, 0) is 20.9 Å². The number of aromatic nitrogens is 3. The third-order valence-electron chi connectivity index (χ3n) is 4.28. The van der Waals surface area contributed by atoms with Crippen molar-refractivity contribution in [2.45, 2.75) is 18.7 Å². The highest BCUT2D eigenvalue weighted by Crippen LogP contribution is 2.25. The number of ether oxygens (including phenoxy) is 3. The fourth-order valence-corrected chi connectivity index (χ4v) is 3.63. The number of esters is 1. The molecule has 1 N–H and O–H groups in total. The van der Waals surface area contributed by atoms with Crippen molar-refractivity contribution < 1.29 is 23.8 Å². The maximum absolute atomic E-state index is 12.1. The molecule has 0 fully saturated rings. The number of nitrogens with zero attached hydrogens (tertiary/aromatic N) is 3. The Hall–Kier alpha value is -3.24. The summed E-state index contributed by atoms with van der Waals surface area (Å²) in [5, 5.41) is 12.0. The average Bonchev–Trinajstić information content (AvgIpc) is 3.24. The summed E-state index contributed by atoms with van der Waals surface area (Å²) in [6, 6.07) is 14.5. The van der Waals surface area contributed by atoms with Crippen LogP contribution in [0.1, 0.15) is 12.7 Å². The molecular formula is C22H23ClN4O5S. The molecule has 0 unspecified atom stereocenters. The second kappa shape index (κ2) is 12.1. The summed E-state index contributed by atoms with van der Waals surface area (Å²) in [4.78, 5) is 23.3. The molecule has 0 aliphatic carbocycles. The summed E-state index contributed by atoms with van der Waals surface area (Å²) in [5.41, 5.74) is 0.771. The lowest BCUT2D eigenvalue weighted by Crippen LogP contribution is -2.31. The summed E-state index contributed by atoms with van der Waals surface area (Å²) < 4.78 is 17.6. The van der Waals surface area contributed by atoms with E-state index in [9.17, 15) is 9.59 Å². The van der Waals surface area contributed by atoms with Gasteiger partial charge in [0.2, 0.25) is 5.91 Å². The minimum absolute atomic E-state index is 0.0441.